The Morgan fingerprint density at radius 1 is 1.25 bits per heavy atom. The average molecular weight is 296 g/mol. The van der Waals surface area contributed by atoms with Crippen molar-refractivity contribution in [2.45, 2.75) is 24.7 Å². The Balaban J connectivity index is 2.26. The number of carbonyl (C=O) groups is 2. The summed E-state index contributed by atoms with van der Waals surface area (Å²) in [6.07, 6.45) is 1.91. The highest BCUT2D eigenvalue weighted by Crippen LogP contribution is 2.20. The quantitative estimate of drug-likeness (QED) is 0.599. The fourth-order valence-electron chi connectivity index (χ4n) is 1.41. The third-order valence-corrected chi connectivity index (χ3v) is 3.51. The molecule has 3 amide bonds. The van der Waals surface area contributed by atoms with Gasteiger partial charge in [-0.3, -0.25) is 10.1 Å². The molecule has 0 bridgehead atoms. The number of methoxy groups -OCH3 is 1. The van der Waals surface area contributed by atoms with Crippen molar-refractivity contribution in [2.24, 2.45) is 0 Å². The maximum Gasteiger partial charge on any atom is 0.321 e. The number of benzene rings is 1. The molecule has 0 aliphatic carbocycles. The molecular weight excluding hydrogens is 276 g/mol. The van der Waals surface area contributed by atoms with Crippen molar-refractivity contribution in [1.82, 2.24) is 10.6 Å². The number of hydrogen-bond acceptors (Lipinski definition) is 4. The number of ether oxygens (including phenoxy) is 1. The van der Waals surface area contributed by atoms with Crippen molar-refractivity contribution >= 4 is 23.7 Å². The summed E-state index contributed by atoms with van der Waals surface area (Å²) in [6.45, 7) is 2.62. The van der Waals surface area contributed by atoms with E-state index in [1.807, 2.05) is 31.2 Å². The molecule has 110 valence electrons. The van der Waals surface area contributed by atoms with Crippen LogP contribution in [-0.2, 0) is 4.79 Å². The summed E-state index contributed by atoms with van der Waals surface area (Å²) < 4.78 is 5.05. The van der Waals surface area contributed by atoms with Crippen molar-refractivity contribution in [2.75, 3.05) is 19.4 Å². The second-order valence-electron chi connectivity index (χ2n) is 4.12. The molecular formula is C14H20N2O3S. The number of amides is 3. The fourth-order valence-corrected chi connectivity index (χ4v) is 2.10. The second kappa shape index (κ2) is 9.25. The smallest absolute Gasteiger partial charge is 0.321 e. The highest BCUT2D eigenvalue weighted by atomic mass is 32.2. The molecule has 0 aliphatic rings. The van der Waals surface area contributed by atoms with Crippen LogP contribution in [0.15, 0.2) is 29.2 Å². The zero-order valence-corrected chi connectivity index (χ0v) is 12.6. The molecule has 0 unspecified atom stereocenters. The maximum atomic E-state index is 11.6. The lowest BCUT2D eigenvalue weighted by atomic mass is 10.3. The van der Waals surface area contributed by atoms with E-state index in [4.69, 9.17) is 4.74 Å². The summed E-state index contributed by atoms with van der Waals surface area (Å²) in [6, 6.07) is 6.98. The van der Waals surface area contributed by atoms with Crippen LogP contribution < -0.4 is 15.4 Å². The van der Waals surface area contributed by atoms with E-state index in [0.29, 0.717) is 6.54 Å². The minimum Gasteiger partial charge on any atom is -0.497 e. The normalized spacial score (nSPS) is 9.90. The van der Waals surface area contributed by atoms with Gasteiger partial charge >= 0.3 is 6.03 Å². The summed E-state index contributed by atoms with van der Waals surface area (Å²) in [5, 5.41) is 4.93. The first-order valence-electron chi connectivity index (χ1n) is 6.50. The van der Waals surface area contributed by atoms with Crippen LogP contribution in [0, 0.1) is 0 Å². The van der Waals surface area contributed by atoms with Crippen LogP contribution in [0.4, 0.5) is 4.79 Å². The largest absolute Gasteiger partial charge is 0.497 e. The van der Waals surface area contributed by atoms with Gasteiger partial charge in [0.1, 0.15) is 5.75 Å². The van der Waals surface area contributed by atoms with E-state index in [2.05, 4.69) is 10.6 Å². The molecule has 6 heteroatoms. The first kappa shape index (κ1) is 16.4. The number of rotatable bonds is 7. The van der Waals surface area contributed by atoms with Gasteiger partial charge in [-0.1, -0.05) is 13.3 Å². The van der Waals surface area contributed by atoms with Crippen LogP contribution >= 0.6 is 11.8 Å². The number of unbranched alkanes of at least 4 members (excludes halogenated alkanes) is 1. The molecule has 0 spiro atoms. The number of hydrogen-bond donors (Lipinski definition) is 2. The summed E-state index contributed by atoms with van der Waals surface area (Å²) >= 11 is 1.37. The highest BCUT2D eigenvalue weighted by molar-refractivity contribution is 8.00. The monoisotopic (exact) mass is 296 g/mol. The van der Waals surface area contributed by atoms with Gasteiger partial charge in [-0.2, -0.15) is 0 Å². The Morgan fingerprint density at radius 2 is 1.95 bits per heavy atom. The molecule has 1 rings (SSSR count). The molecule has 1 aromatic rings. The molecule has 5 nitrogen and oxygen atoms in total. The van der Waals surface area contributed by atoms with Gasteiger partial charge in [-0.15, -0.1) is 11.8 Å². The van der Waals surface area contributed by atoms with Crippen molar-refractivity contribution in [3.8, 4) is 5.75 Å². The van der Waals surface area contributed by atoms with Gasteiger partial charge in [-0.25, -0.2) is 4.79 Å². The van der Waals surface area contributed by atoms with Gasteiger partial charge in [-0.05, 0) is 30.7 Å². The lowest BCUT2D eigenvalue weighted by molar-refractivity contribution is -0.117. The first-order chi connectivity index (χ1) is 9.65. The van der Waals surface area contributed by atoms with Crippen molar-refractivity contribution in [3.63, 3.8) is 0 Å². The molecule has 0 saturated carbocycles. The maximum absolute atomic E-state index is 11.6. The molecule has 0 radical (unpaired) electrons. The van der Waals surface area contributed by atoms with Gasteiger partial charge in [0, 0.05) is 11.4 Å². The van der Waals surface area contributed by atoms with E-state index >= 15 is 0 Å². The molecule has 20 heavy (non-hydrogen) atoms. The minimum atomic E-state index is -0.432. The molecule has 0 aliphatic heterocycles. The Hall–Kier alpha value is -1.69. The summed E-state index contributed by atoms with van der Waals surface area (Å²) in [5.74, 6) is 0.669. The predicted octanol–water partition coefficient (Wildman–Crippen LogP) is 2.41. The average Bonchev–Trinajstić information content (AvgIpc) is 2.46. The summed E-state index contributed by atoms with van der Waals surface area (Å²) in [4.78, 5) is 23.9. The van der Waals surface area contributed by atoms with Crippen LogP contribution in [0.1, 0.15) is 19.8 Å². The molecule has 0 fully saturated rings. The fraction of sp³-hybridized carbons (Fsp3) is 0.429. The van der Waals surface area contributed by atoms with E-state index in [1.165, 1.54) is 11.8 Å². The van der Waals surface area contributed by atoms with E-state index in [1.54, 1.807) is 7.11 Å². The van der Waals surface area contributed by atoms with Gasteiger partial charge in [0.25, 0.3) is 0 Å². The van der Waals surface area contributed by atoms with E-state index in [-0.39, 0.29) is 11.7 Å². The number of urea groups is 1. The Morgan fingerprint density at radius 3 is 2.55 bits per heavy atom. The Kier molecular flexibility index (Phi) is 7.57. The highest BCUT2D eigenvalue weighted by Gasteiger charge is 2.07. The van der Waals surface area contributed by atoms with Crippen LogP contribution in [0.25, 0.3) is 0 Å². The van der Waals surface area contributed by atoms with Crippen LogP contribution in [0.5, 0.6) is 5.75 Å². The third kappa shape index (κ3) is 6.47. The summed E-state index contributed by atoms with van der Waals surface area (Å²) in [5.41, 5.74) is 0. The van der Waals surface area contributed by atoms with Gasteiger partial charge in [0.05, 0.1) is 12.9 Å². The Bertz CT molecular complexity index is 435. The van der Waals surface area contributed by atoms with Crippen LogP contribution in [-0.4, -0.2) is 31.3 Å². The van der Waals surface area contributed by atoms with Gasteiger partial charge in [0.2, 0.25) is 5.91 Å². The number of carbonyl (C=O) groups excluding carboxylic acids is 2. The summed E-state index contributed by atoms with van der Waals surface area (Å²) in [7, 11) is 1.60. The molecule has 0 heterocycles. The topological polar surface area (TPSA) is 67.4 Å². The SMILES string of the molecule is CCCCNC(=O)NC(=O)CSc1ccc(OC)cc1. The zero-order valence-electron chi connectivity index (χ0n) is 11.8. The molecule has 1 aromatic carbocycles. The lowest BCUT2D eigenvalue weighted by Gasteiger charge is -2.06. The van der Waals surface area contributed by atoms with E-state index < -0.39 is 6.03 Å². The molecule has 2 N–H and O–H groups in total. The van der Waals surface area contributed by atoms with E-state index in [9.17, 15) is 9.59 Å². The van der Waals surface area contributed by atoms with Crippen molar-refractivity contribution < 1.29 is 14.3 Å². The minimum absolute atomic E-state index is 0.202. The van der Waals surface area contributed by atoms with E-state index in [0.717, 1.165) is 23.5 Å². The standard InChI is InChI=1S/C14H20N2O3S/c1-3-4-9-15-14(18)16-13(17)10-20-12-7-5-11(19-2)6-8-12/h5-8H,3-4,9-10H2,1-2H3,(H2,15,16,17,18). The molecule has 0 aromatic heterocycles. The number of imide groups is 1. The zero-order chi connectivity index (χ0) is 14.8. The van der Waals surface area contributed by atoms with Crippen LogP contribution in [0.3, 0.4) is 0 Å². The van der Waals surface area contributed by atoms with Crippen molar-refractivity contribution in [1.29, 1.82) is 0 Å². The Labute approximate surface area is 123 Å². The van der Waals surface area contributed by atoms with Crippen molar-refractivity contribution in [3.05, 3.63) is 24.3 Å². The second-order valence-corrected chi connectivity index (χ2v) is 5.17. The van der Waals surface area contributed by atoms with Crippen LogP contribution in [0.2, 0.25) is 0 Å². The first-order valence-corrected chi connectivity index (χ1v) is 7.48. The lowest BCUT2D eigenvalue weighted by Crippen LogP contribution is -2.40. The predicted molar refractivity (Wildman–Crippen MR) is 80.2 cm³/mol. The number of thioether (sulfide) groups is 1. The third-order valence-electron chi connectivity index (χ3n) is 2.50. The molecule has 0 saturated heterocycles. The number of nitrogens with one attached hydrogen (secondary N) is 2. The van der Waals surface area contributed by atoms with Gasteiger partial charge in [0.15, 0.2) is 0 Å². The molecule has 0 atom stereocenters. The van der Waals surface area contributed by atoms with Gasteiger partial charge < -0.3 is 10.1 Å².